The van der Waals surface area contributed by atoms with Crippen LogP contribution >= 0.6 is 0 Å². The first kappa shape index (κ1) is 13.1. The molecule has 19 heavy (non-hydrogen) atoms. The second-order valence-corrected chi connectivity index (χ2v) is 6.28. The molecule has 0 aromatic heterocycles. The fraction of sp³-hybridized carbons (Fsp3) is 0.867. The second-order valence-electron chi connectivity index (χ2n) is 6.28. The van der Waals surface area contributed by atoms with E-state index in [-0.39, 0.29) is 17.8 Å². The molecule has 5 atom stereocenters. The van der Waals surface area contributed by atoms with Gasteiger partial charge < -0.3 is 14.3 Å². The summed E-state index contributed by atoms with van der Waals surface area (Å²) in [4.78, 5) is 22.8. The maximum Gasteiger partial charge on any atom is 0.308 e. The first-order valence-electron chi connectivity index (χ1n) is 7.53. The van der Waals surface area contributed by atoms with E-state index in [0.717, 1.165) is 44.8 Å². The lowest BCUT2D eigenvalue weighted by molar-refractivity contribution is -0.152. The standard InChI is InChI=1S/C15H22O4/c16-8-10-2-1-3-12(6-10)15(17)18-9-11-4-5-13-14(7-11)19-13/h8,10-14H,1-7,9H2. The third-order valence-corrected chi connectivity index (χ3v) is 4.81. The minimum Gasteiger partial charge on any atom is -0.465 e. The molecule has 0 N–H and O–H groups in total. The van der Waals surface area contributed by atoms with Gasteiger partial charge in [0.25, 0.3) is 0 Å². The summed E-state index contributed by atoms with van der Waals surface area (Å²) in [5, 5.41) is 0. The van der Waals surface area contributed by atoms with E-state index < -0.39 is 0 Å². The molecule has 1 heterocycles. The molecule has 2 saturated carbocycles. The van der Waals surface area contributed by atoms with Crippen molar-refractivity contribution in [1.82, 2.24) is 0 Å². The molecule has 4 heteroatoms. The van der Waals surface area contributed by atoms with Gasteiger partial charge in [-0.3, -0.25) is 4.79 Å². The molecule has 0 aromatic rings. The van der Waals surface area contributed by atoms with E-state index >= 15 is 0 Å². The molecule has 3 fully saturated rings. The fourth-order valence-electron chi connectivity index (χ4n) is 3.52. The molecule has 0 spiro atoms. The summed E-state index contributed by atoms with van der Waals surface area (Å²) < 4.78 is 11.0. The van der Waals surface area contributed by atoms with Crippen LogP contribution < -0.4 is 0 Å². The lowest BCUT2D eigenvalue weighted by atomic mass is 9.82. The van der Waals surface area contributed by atoms with Crippen LogP contribution in [0.3, 0.4) is 0 Å². The van der Waals surface area contributed by atoms with Crippen LogP contribution in [-0.2, 0) is 19.1 Å². The highest BCUT2D eigenvalue weighted by molar-refractivity contribution is 5.73. The number of fused-ring (bicyclic) bond motifs is 1. The SMILES string of the molecule is O=CC1CCCC(C(=O)OCC2CCC3OC3C2)C1. The molecular formula is C15H22O4. The number of epoxide rings is 1. The highest BCUT2D eigenvalue weighted by Crippen LogP contribution is 2.39. The van der Waals surface area contributed by atoms with Gasteiger partial charge in [-0.1, -0.05) is 6.42 Å². The number of aldehydes is 1. The predicted octanol–water partition coefficient (Wildman–Crippen LogP) is 2.10. The van der Waals surface area contributed by atoms with Crippen LogP contribution in [0.25, 0.3) is 0 Å². The van der Waals surface area contributed by atoms with E-state index in [9.17, 15) is 9.59 Å². The molecular weight excluding hydrogens is 244 g/mol. The Morgan fingerprint density at radius 3 is 2.84 bits per heavy atom. The summed E-state index contributed by atoms with van der Waals surface area (Å²) in [7, 11) is 0. The van der Waals surface area contributed by atoms with Crippen molar-refractivity contribution in [3.8, 4) is 0 Å². The van der Waals surface area contributed by atoms with Crippen molar-refractivity contribution < 1.29 is 19.1 Å². The first-order chi connectivity index (χ1) is 9.26. The largest absolute Gasteiger partial charge is 0.465 e. The molecule has 4 nitrogen and oxygen atoms in total. The van der Waals surface area contributed by atoms with Gasteiger partial charge in [-0.05, 0) is 44.4 Å². The van der Waals surface area contributed by atoms with E-state index in [0.29, 0.717) is 31.2 Å². The van der Waals surface area contributed by atoms with Gasteiger partial charge in [-0.15, -0.1) is 0 Å². The Morgan fingerprint density at radius 1 is 1.16 bits per heavy atom. The molecule has 0 bridgehead atoms. The van der Waals surface area contributed by atoms with Gasteiger partial charge >= 0.3 is 5.97 Å². The van der Waals surface area contributed by atoms with Gasteiger partial charge in [0, 0.05) is 5.92 Å². The summed E-state index contributed by atoms with van der Waals surface area (Å²) >= 11 is 0. The number of carbonyl (C=O) groups is 2. The Bertz CT molecular complexity index is 354. The Kier molecular flexibility index (Phi) is 3.87. The highest BCUT2D eigenvalue weighted by Gasteiger charge is 2.44. The number of ether oxygens (including phenoxy) is 2. The zero-order valence-electron chi connectivity index (χ0n) is 11.3. The summed E-state index contributed by atoms with van der Waals surface area (Å²) in [6, 6.07) is 0. The first-order valence-corrected chi connectivity index (χ1v) is 7.53. The van der Waals surface area contributed by atoms with Crippen LogP contribution in [-0.4, -0.2) is 31.1 Å². The van der Waals surface area contributed by atoms with Crippen LogP contribution in [0, 0.1) is 17.8 Å². The van der Waals surface area contributed by atoms with Crippen molar-refractivity contribution in [2.75, 3.05) is 6.61 Å². The number of carbonyl (C=O) groups excluding carboxylic acids is 2. The summed E-state index contributed by atoms with van der Waals surface area (Å²) in [6.45, 7) is 0.535. The monoisotopic (exact) mass is 266 g/mol. The molecule has 3 rings (SSSR count). The number of rotatable bonds is 4. The molecule has 5 unspecified atom stereocenters. The lowest BCUT2D eigenvalue weighted by Gasteiger charge is -2.25. The highest BCUT2D eigenvalue weighted by atomic mass is 16.6. The van der Waals surface area contributed by atoms with Crippen LogP contribution in [0.5, 0.6) is 0 Å². The van der Waals surface area contributed by atoms with E-state index in [4.69, 9.17) is 9.47 Å². The predicted molar refractivity (Wildman–Crippen MR) is 68.5 cm³/mol. The lowest BCUT2D eigenvalue weighted by Crippen LogP contribution is -2.28. The van der Waals surface area contributed by atoms with Crippen molar-refractivity contribution >= 4 is 12.3 Å². The minimum atomic E-state index is -0.0922. The van der Waals surface area contributed by atoms with Gasteiger partial charge in [0.1, 0.15) is 6.29 Å². The molecule has 0 amide bonds. The Labute approximate surface area is 113 Å². The van der Waals surface area contributed by atoms with Crippen molar-refractivity contribution in [2.24, 2.45) is 17.8 Å². The number of hydrogen-bond acceptors (Lipinski definition) is 4. The number of esters is 1. The van der Waals surface area contributed by atoms with Crippen LogP contribution in [0.4, 0.5) is 0 Å². The van der Waals surface area contributed by atoms with Crippen molar-refractivity contribution in [3.05, 3.63) is 0 Å². The molecule has 0 radical (unpaired) electrons. The average molecular weight is 266 g/mol. The van der Waals surface area contributed by atoms with E-state index in [1.807, 2.05) is 0 Å². The average Bonchev–Trinajstić information content (AvgIpc) is 3.23. The molecule has 2 aliphatic carbocycles. The Hall–Kier alpha value is -0.900. The van der Waals surface area contributed by atoms with E-state index in [2.05, 4.69) is 0 Å². The van der Waals surface area contributed by atoms with Gasteiger partial charge in [-0.25, -0.2) is 0 Å². The summed E-state index contributed by atoms with van der Waals surface area (Å²) in [6.07, 6.45) is 8.64. The second kappa shape index (κ2) is 5.61. The topological polar surface area (TPSA) is 55.9 Å². The molecule has 1 aliphatic heterocycles. The van der Waals surface area contributed by atoms with Crippen LogP contribution in [0.2, 0.25) is 0 Å². The molecule has 0 aromatic carbocycles. The molecule has 1 saturated heterocycles. The Balaban J connectivity index is 1.41. The van der Waals surface area contributed by atoms with Gasteiger partial charge in [0.2, 0.25) is 0 Å². The maximum atomic E-state index is 12.0. The van der Waals surface area contributed by atoms with E-state index in [1.165, 1.54) is 0 Å². The smallest absolute Gasteiger partial charge is 0.308 e. The maximum absolute atomic E-state index is 12.0. The molecule has 3 aliphatic rings. The zero-order valence-corrected chi connectivity index (χ0v) is 11.3. The number of hydrogen-bond donors (Lipinski definition) is 0. The summed E-state index contributed by atoms with van der Waals surface area (Å²) in [5.74, 6) is 0.377. The van der Waals surface area contributed by atoms with Gasteiger partial charge in [0.15, 0.2) is 0 Å². The van der Waals surface area contributed by atoms with Crippen LogP contribution in [0.1, 0.15) is 44.9 Å². The third kappa shape index (κ3) is 3.16. The van der Waals surface area contributed by atoms with Gasteiger partial charge in [-0.2, -0.15) is 0 Å². The van der Waals surface area contributed by atoms with Gasteiger partial charge in [0.05, 0.1) is 24.7 Å². The zero-order chi connectivity index (χ0) is 13.2. The third-order valence-electron chi connectivity index (χ3n) is 4.81. The van der Waals surface area contributed by atoms with E-state index in [1.54, 1.807) is 0 Å². The normalized spacial score (nSPS) is 41.2. The fourth-order valence-corrected chi connectivity index (χ4v) is 3.52. The van der Waals surface area contributed by atoms with Crippen molar-refractivity contribution in [3.63, 3.8) is 0 Å². The van der Waals surface area contributed by atoms with Crippen LogP contribution in [0.15, 0.2) is 0 Å². The van der Waals surface area contributed by atoms with Crippen molar-refractivity contribution in [2.45, 2.75) is 57.2 Å². The molecule has 106 valence electrons. The minimum absolute atomic E-state index is 0.0570. The quantitative estimate of drug-likeness (QED) is 0.444. The summed E-state index contributed by atoms with van der Waals surface area (Å²) in [5.41, 5.74) is 0. The Morgan fingerprint density at radius 2 is 2.05 bits per heavy atom. The van der Waals surface area contributed by atoms with Crippen molar-refractivity contribution in [1.29, 1.82) is 0 Å².